The van der Waals surface area contributed by atoms with E-state index in [-0.39, 0.29) is 5.56 Å². The molecule has 0 radical (unpaired) electrons. The van der Waals surface area contributed by atoms with Crippen molar-refractivity contribution in [2.45, 2.75) is 13.0 Å². The van der Waals surface area contributed by atoms with Crippen molar-refractivity contribution in [1.29, 1.82) is 0 Å². The Bertz CT molecular complexity index is 558. The topological polar surface area (TPSA) is 24.9 Å². The maximum Gasteiger partial charge on any atom is 0.194 e. The van der Waals surface area contributed by atoms with Crippen molar-refractivity contribution in [2.75, 3.05) is 6.54 Å². The van der Waals surface area contributed by atoms with Crippen LogP contribution in [0.1, 0.15) is 24.1 Å². The molecule has 0 aliphatic heterocycles. The summed E-state index contributed by atoms with van der Waals surface area (Å²) in [5.74, 6) is -3.80. The van der Waals surface area contributed by atoms with Crippen LogP contribution in [0.2, 0.25) is 0 Å². The van der Waals surface area contributed by atoms with E-state index in [0.29, 0.717) is 6.54 Å². The van der Waals surface area contributed by atoms with Gasteiger partial charge in [0.1, 0.15) is 0 Å². The molecular weight excluding hydrogens is 253 g/mol. The number of benzene rings is 1. The second-order valence-electron chi connectivity index (χ2n) is 4.04. The first kappa shape index (κ1) is 13.5. The first-order valence-electron chi connectivity index (χ1n) is 5.91. The maximum atomic E-state index is 13.9. The van der Waals surface area contributed by atoms with Crippen molar-refractivity contribution in [3.63, 3.8) is 0 Å². The zero-order chi connectivity index (χ0) is 13.8. The smallest absolute Gasteiger partial charge is 0.194 e. The highest BCUT2D eigenvalue weighted by molar-refractivity contribution is 5.32. The van der Waals surface area contributed by atoms with Gasteiger partial charge in [0.05, 0.1) is 6.04 Å². The van der Waals surface area contributed by atoms with Crippen molar-refractivity contribution in [3.8, 4) is 0 Å². The number of pyridine rings is 1. The monoisotopic (exact) mass is 266 g/mol. The number of hydrogen-bond donors (Lipinski definition) is 1. The Morgan fingerprint density at radius 1 is 1.05 bits per heavy atom. The second kappa shape index (κ2) is 5.84. The minimum absolute atomic E-state index is 0.0759. The van der Waals surface area contributed by atoms with E-state index in [4.69, 9.17) is 0 Å². The quantitative estimate of drug-likeness (QED) is 0.860. The van der Waals surface area contributed by atoms with Gasteiger partial charge in [0.25, 0.3) is 0 Å². The number of rotatable bonds is 4. The number of nitrogens with zero attached hydrogens (tertiary/aromatic N) is 1. The second-order valence-corrected chi connectivity index (χ2v) is 4.04. The summed E-state index contributed by atoms with van der Waals surface area (Å²) in [6, 6.07) is 5.05. The van der Waals surface area contributed by atoms with Crippen molar-refractivity contribution in [2.24, 2.45) is 0 Å². The van der Waals surface area contributed by atoms with E-state index in [1.807, 2.05) is 6.92 Å². The SMILES string of the molecule is CCNC(c1ccncc1)c1ccc(F)c(F)c1F. The number of halogens is 3. The maximum absolute atomic E-state index is 13.9. The molecule has 0 fully saturated rings. The standard InChI is InChI=1S/C14H13F3N2/c1-2-19-14(9-5-7-18-8-6-9)10-3-4-11(15)13(17)12(10)16/h3-8,14,19H,2H2,1H3. The van der Waals surface area contributed by atoms with Crippen LogP contribution in [0.15, 0.2) is 36.7 Å². The number of aromatic nitrogens is 1. The van der Waals surface area contributed by atoms with Gasteiger partial charge in [0.2, 0.25) is 0 Å². The van der Waals surface area contributed by atoms with Crippen LogP contribution in [0.4, 0.5) is 13.2 Å². The van der Waals surface area contributed by atoms with Gasteiger partial charge in [0.15, 0.2) is 17.5 Å². The van der Waals surface area contributed by atoms with E-state index in [1.54, 1.807) is 24.5 Å². The van der Waals surface area contributed by atoms with Crippen molar-refractivity contribution >= 4 is 0 Å². The molecule has 1 atom stereocenters. The van der Waals surface area contributed by atoms with E-state index >= 15 is 0 Å². The Morgan fingerprint density at radius 3 is 2.37 bits per heavy atom. The molecule has 0 spiro atoms. The molecule has 2 nitrogen and oxygen atoms in total. The highest BCUT2D eigenvalue weighted by Gasteiger charge is 2.21. The molecule has 0 saturated carbocycles. The van der Waals surface area contributed by atoms with Crippen LogP contribution in [-0.4, -0.2) is 11.5 Å². The summed E-state index contributed by atoms with van der Waals surface area (Å²) < 4.78 is 40.1. The van der Waals surface area contributed by atoms with Crippen LogP contribution < -0.4 is 5.32 Å². The molecule has 0 saturated heterocycles. The fraction of sp³-hybridized carbons (Fsp3) is 0.214. The molecule has 5 heteroatoms. The summed E-state index contributed by atoms with van der Waals surface area (Å²) >= 11 is 0. The fourth-order valence-electron chi connectivity index (χ4n) is 1.93. The molecule has 2 aromatic rings. The highest BCUT2D eigenvalue weighted by atomic mass is 19.2. The highest BCUT2D eigenvalue weighted by Crippen LogP contribution is 2.26. The molecule has 2 rings (SSSR count). The lowest BCUT2D eigenvalue weighted by Gasteiger charge is -2.19. The molecule has 0 aliphatic rings. The summed E-state index contributed by atoms with van der Waals surface area (Å²) in [7, 11) is 0. The zero-order valence-electron chi connectivity index (χ0n) is 10.3. The van der Waals surface area contributed by atoms with Crippen LogP contribution >= 0.6 is 0 Å². The molecule has 19 heavy (non-hydrogen) atoms. The largest absolute Gasteiger partial charge is 0.306 e. The van der Waals surface area contributed by atoms with Crippen LogP contribution in [0.3, 0.4) is 0 Å². The normalized spacial score (nSPS) is 12.4. The Hall–Kier alpha value is -1.88. The summed E-state index contributed by atoms with van der Waals surface area (Å²) in [5, 5.41) is 3.05. The molecule has 100 valence electrons. The third-order valence-corrected chi connectivity index (χ3v) is 2.82. The van der Waals surface area contributed by atoms with E-state index in [1.165, 1.54) is 6.07 Å². The van der Waals surface area contributed by atoms with Gasteiger partial charge in [-0.2, -0.15) is 0 Å². The van der Waals surface area contributed by atoms with Gasteiger partial charge in [-0.3, -0.25) is 4.98 Å². The Kier molecular flexibility index (Phi) is 4.16. The van der Waals surface area contributed by atoms with Gasteiger partial charge in [-0.25, -0.2) is 13.2 Å². The van der Waals surface area contributed by atoms with Crippen molar-refractivity contribution in [1.82, 2.24) is 10.3 Å². The van der Waals surface area contributed by atoms with Crippen molar-refractivity contribution < 1.29 is 13.2 Å². The Labute approximate surface area is 109 Å². The van der Waals surface area contributed by atoms with Crippen molar-refractivity contribution in [3.05, 3.63) is 65.2 Å². The average Bonchev–Trinajstić information content (AvgIpc) is 2.44. The van der Waals surface area contributed by atoms with Crippen LogP contribution in [0, 0.1) is 17.5 Å². The lowest BCUT2D eigenvalue weighted by atomic mass is 9.99. The van der Waals surface area contributed by atoms with Gasteiger partial charge in [-0.1, -0.05) is 13.0 Å². The van der Waals surface area contributed by atoms with Gasteiger partial charge in [0, 0.05) is 18.0 Å². The summed E-state index contributed by atoms with van der Waals surface area (Å²) in [4.78, 5) is 3.88. The molecule has 0 amide bonds. The van der Waals surface area contributed by atoms with E-state index in [9.17, 15) is 13.2 Å². The Morgan fingerprint density at radius 2 is 1.74 bits per heavy atom. The summed E-state index contributed by atoms with van der Waals surface area (Å²) in [5.41, 5.74) is 0.814. The molecule has 0 bridgehead atoms. The van der Waals surface area contributed by atoms with Gasteiger partial charge < -0.3 is 5.32 Å². The van der Waals surface area contributed by atoms with Gasteiger partial charge in [-0.15, -0.1) is 0 Å². The van der Waals surface area contributed by atoms with E-state index in [0.717, 1.165) is 11.6 Å². The van der Waals surface area contributed by atoms with Crippen LogP contribution in [-0.2, 0) is 0 Å². The number of hydrogen-bond acceptors (Lipinski definition) is 2. The van der Waals surface area contributed by atoms with E-state index in [2.05, 4.69) is 10.3 Å². The first-order chi connectivity index (χ1) is 9.15. The molecular formula is C14H13F3N2. The number of nitrogens with one attached hydrogen (secondary N) is 1. The average molecular weight is 266 g/mol. The summed E-state index contributed by atoms with van der Waals surface area (Å²) in [6.45, 7) is 2.41. The Balaban J connectivity index is 2.49. The molecule has 1 heterocycles. The lowest BCUT2D eigenvalue weighted by molar-refractivity contribution is 0.433. The van der Waals surface area contributed by atoms with E-state index < -0.39 is 23.5 Å². The molecule has 1 aromatic carbocycles. The minimum Gasteiger partial charge on any atom is -0.306 e. The fourth-order valence-corrected chi connectivity index (χ4v) is 1.93. The molecule has 1 unspecified atom stereocenters. The lowest BCUT2D eigenvalue weighted by Crippen LogP contribution is -2.23. The molecule has 1 aromatic heterocycles. The van der Waals surface area contributed by atoms with Gasteiger partial charge in [-0.05, 0) is 30.3 Å². The predicted octanol–water partition coefficient (Wildman–Crippen LogP) is 3.20. The van der Waals surface area contributed by atoms with Crippen LogP contribution in [0.25, 0.3) is 0 Å². The molecule has 1 N–H and O–H groups in total. The minimum atomic E-state index is -1.45. The first-order valence-corrected chi connectivity index (χ1v) is 5.91. The van der Waals surface area contributed by atoms with Gasteiger partial charge >= 0.3 is 0 Å². The third kappa shape index (κ3) is 2.76. The predicted molar refractivity (Wildman–Crippen MR) is 66.1 cm³/mol. The summed E-state index contributed by atoms with van der Waals surface area (Å²) in [6.07, 6.45) is 3.13. The third-order valence-electron chi connectivity index (χ3n) is 2.82. The van der Waals surface area contributed by atoms with Crippen LogP contribution in [0.5, 0.6) is 0 Å². The zero-order valence-corrected chi connectivity index (χ0v) is 10.3. The molecule has 0 aliphatic carbocycles.